The van der Waals surface area contributed by atoms with Crippen molar-refractivity contribution in [3.63, 3.8) is 0 Å². The minimum atomic E-state index is -0.120. The summed E-state index contributed by atoms with van der Waals surface area (Å²) >= 11 is 13.4. The number of benzene rings is 2. The first-order valence-corrected chi connectivity index (χ1v) is 12.5. The van der Waals surface area contributed by atoms with Crippen LogP contribution in [0, 0.1) is 0 Å². The van der Waals surface area contributed by atoms with Gasteiger partial charge in [0.25, 0.3) is 0 Å². The number of pyridine rings is 1. The Morgan fingerprint density at radius 2 is 1.77 bits per heavy atom. The number of anilines is 2. The van der Waals surface area contributed by atoms with Crippen LogP contribution >= 0.6 is 23.2 Å². The molecule has 0 unspecified atom stereocenters. The molecule has 3 heterocycles. The van der Waals surface area contributed by atoms with Crippen LogP contribution < -0.4 is 19.5 Å². The average Bonchev–Trinajstić information content (AvgIpc) is 3.45. The van der Waals surface area contributed by atoms with Crippen molar-refractivity contribution in [2.75, 3.05) is 26.6 Å². The number of carbonyl (C=O) groups is 1. The van der Waals surface area contributed by atoms with Crippen LogP contribution in [0.25, 0.3) is 27.8 Å². The number of nitrogens with zero attached hydrogens (tertiary/aromatic N) is 4. The third-order valence-electron chi connectivity index (χ3n) is 6.20. The standard InChI is InChI=1S/C28H23Cl2N5O4/c1-5-17(36)10-15-11-18(37-2)6-7-20(15)33-28-32-14-16-12-19(27-31-8-9-35(27)26(16)34-28)23-24(29)21(38-3)13-22(39-4)25(23)30/h5-9,11-14H,1,10H2,2-4H3,(H,32,33,34). The van der Waals surface area contributed by atoms with Gasteiger partial charge < -0.3 is 19.5 Å². The van der Waals surface area contributed by atoms with Crippen LogP contribution in [0.5, 0.6) is 17.2 Å². The van der Waals surface area contributed by atoms with Crippen LogP contribution in [-0.2, 0) is 11.2 Å². The fourth-order valence-electron chi connectivity index (χ4n) is 4.28. The van der Waals surface area contributed by atoms with Crippen LogP contribution in [0.15, 0.2) is 61.6 Å². The molecule has 0 aliphatic rings. The van der Waals surface area contributed by atoms with Crippen molar-refractivity contribution in [2.45, 2.75) is 6.42 Å². The molecule has 198 valence electrons. The van der Waals surface area contributed by atoms with Gasteiger partial charge in [0, 0.05) is 53.3 Å². The maximum atomic E-state index is 12.1. The lowest BCUT2D eigenvalue weighted by Gasteiger charge is -2.16. The van der Waals surface area contributed by atoms with E-state index in [9.17, 15) is 4.79 Å². The highest BCUT2D eigenvalue weighted by Crippen LogP contribution is 2.47. The lowest BCUT2D eigenvalue weighted by atomic mass is 10.0. The fraction of sp³-hybridized carbons (Fsp3) is 0.143. The molecule has 9 nitrogen and oxygen atoms in total. The van der Waals surface area contributed by atoms with E-state index in [1.807, 2.05) is 16.5 Å². The lowest BCUT2D eigenvalue weighted by molar-refractivity contribution is -0.114. The smallest absolute Gasteiger partial charge is 0.229 e. The highest BCUT2D eigenvalue weighted by atomic mass is 35.5. The van der Waals surface area contributed by atoms with Crippen LogP contribution in [0.4, 0.5) is 11.6 Å². The number of carbonyl (C=O) groups excluding carboxylic acids is 1. The molecule has 0 bridgehead atoms. The Hall–Kier alpha value is -4.34. The van der Waals surface area contributed by atoms with Gasteiger partial charge in [-0.05, 0) is 35.9 Å². The van der Waals surface area contributed by atoms with Crippen molar-refractivity contribution < 1.29 is 19.0 Å². The van der Waals surface area contributed by atoms with Gasteiger partial charge >= 0.3 is 0 Å². The van der Waals surface area contributed by atoms with Crippen molar-refractivity contribution in [2.24, 2.45) is 0 Å². The van der Waals surface area contributed by atoms with Gasteiger partial charge in [-0.1, -0.05) is 29.8 Å². The molecule has 1 N–H and O–H groups in total. The van der Waals surface area contributed by atoms with Gasteiger partial charge in [0.2, 0.25) is 5.95 Å². The van der Waals surface area contributed by atoms with Gasteiger partial charge in [-0.3, -0.25) is 9.20 Å². The Morgan fingerprint density at radius 1 is 1.03 bits per heavy atom. The Bertz CT molecular complexity index is 1720. The summed E-state index contributed by atoms with van der Waals surface area (Å²) in [5, 5.41) is 4.59. The van der Waals surface area contributed by atoms with Gasteiger partial charge in [-0.15, -0.1) is 0 Å². The summed E-state index contributed by atoms with van der Waals surface area (Å²) in [4.78, 5) is 25.9. The normalized spacial score (nSPS) is 11.0. The topological polar surface area (TPSA) is 99.9 Å². The molecule has 3 aromatic heterocycles. The highest BCUT2D eigenvalue weighted by molar-refractivity contribution is 6.41. The minimum absolute atomic E-state index is 0.120. The van der Waals surface area contributed by atoms with Crippen LogP contribution in [0.2, 0.25) is 10.0 Å². The van der Waals surface area contributed by atoms with Crippen LogP contribution in [-0.4, -0.2) is 46.5 Å². The van der Waals surface area contributed by atoms with Gasteiger partial charge in [0.1, 0.15) is 22.9 Å². The predicted octanol–water partition coefficient (Wildman–Crippen LogP) is 6.32. The summed E-state index contributed by atoms with van der Waals surface area (Å²) < 4.78 is 18.0. The summed E-state index contributed by atoms with van der Waals surface area (Å²) in [6.45, 7) is 3.56. The monoisotopic (exact) mass is 563 g/mol. The molecule has 0 fully saturated rings. The van der Waals surface area contributed by atoms with Gasteiger partial charge in [-0.25, -0.2) is 9.97 Å². The number of imidazole rings is 1. The number of hydrogen-bond acceptors (Lipinski definition) is 8. The maximum absolute atomic E-state index is 12.1. The van der Waals surface area contributed by atoms with Crippen molar-refractivity contribution in [3.05, 3.63) is 77.2 Å². The highest BCUT2D eigenvalue weighted by Gasteiger charge is 2.22. The molecule has 0 aliphatic heterocycles. The summed E-state index contributed by atoms with van der Waals surface area (Å²) in [5.41, 5.74) is 3.75. The van der Waals surface area contributed by atoms with E-state index in [4.69, 9.17) is 42.4 Å². The zero-order chi connectivity index (χ0) is 27.7. The zero-order valence-corrected chi connectivity index (χ0v) is 22.8. The molecule has 0 saturated carbocycles. The number of methoxy groups -OCH3 is 3. The first-order valence-electron chi connectivity index (χ1n) is 11.7. The van der Waals surface area contributed by atoms with E-state index in [0.29, 0.717) is 66.7 Å². The van der Waals surface area contributed by atoms with Crippen LogP contribution in [0.1, 0.15) is 5.56 Å². The van der Waals surface area contributed by atoms with Gasteiger partial charge in [0.05, 0.1) is 31.4 Å². The second-order valence-corrected chi connectivity index (χ2v) is 9.19. The van der Waals surface area contributed by atoms with Crippen molar-refractivity contribution in [1.29, 1.82) is 0 Å². The summed E-state index contributed by atoms with van der Waals surface area (Å²) in [5.74, 6) is 1.68. The molecule has 0 aliphatic carbocycles. The van der Waals surface area contributed by atoms with E-state index in [1.54, 1.807) is 43.9 Å². The number of ketones is 1. The van der Waals surface area contributed by atoms with E-state index >= 15 is 0 Å². The summed E-state index contributed by atoms with van der Waals surface area (Å²) in [7, 11) is 4.61. The van der Waals surface area contributed by atoms with Crippen molar-refractivity contribution in [3.8, 4) is 28.4 Å². The van der Waals surface area contributed by atoms with E-state index < -0.39 is 0 Å². The number of rotatable bonds is 9. The van der Waals surface area contributed by atoms with Gasteiger partial charge in [-0.2, -0.15) is 4.98 Å². The number of allylic oxidation sites excluding steroid dienone is 1. The lowest BCUT2D eigenvalue weighted by Crippen LogP contribution is -2.06. The number of nitrogens with one attached hydrogen (secondary N) is 1. The van der Waals surface area contributed by atoms with E-state index in [-0.39, 0.29) is 12.2 Å². The molecular formula is C28H23Cl2N5O4. The quantitative estimate of drug-likeness (QED) is 0.208. The Labute approximate surface area is 234 Å². The molecule has 0 saturated heterocycles. The SMILES string of the molecule is C=CC(=O)Cc1cc(OC)ccc1Nc1ncc2cc(-c3c(Cl)c(OC)cc(OC)c3Cl)c3nccn3c2n1. The maximum Gasteiger partial charge on any atom is 0.229 e. The van der Waals surface area contributed by atoms with E-state index in [1.165, 1.54) is 20.3 Å². The van der Waals surface area contributed by atoms with Crippen molar-refractivity contribution >= 4 is 57.3 Å². The number of ether oxygens (including phenoxy) is 3. The molecule has 11 heteroatoms. The average molecular weight is 564 g/mol. The minimum Gasteiger partial charge on any atom is -0.497 e. The molecule has 0 radical (unpaired) electrons. The molecule has 5 rings (SSSR count). The third kappa shape index (κ3) is 4.82. The molecule has 2 aromatic carbocycles. The molecule has 0 amide bonds. The second kappa shape index (κ2) is 10.8. The largest absolute Gasteiger partial charge is 0.497 e. The third-order valence-corrected chi connectivity index (χ3v) is 6.95. The second-order valence-electron chi connectivity index (χ2n) is 8.43. The number of aromatic nitrogens is 4. The molecule has 0 atom stereocenters. The number of hydrogen-bond donors (Lipinski definition) is 1. The van der Waals surface area contributed by atoms with Gasteiger partial charge in [0.15, 0.2) is 11.4 Å². The summed E-state index contributed by atoms with van der Waals surface area (Å²) in [6, 6.07) is 8.90. The van der Waals surface area contributed by atoms with Crippen molar-refractivity contribution in [1.82, 2.24) is 19.4 Å². The Balaban J connectivity index is 1.63. The Morgan fingerprint density at radius 3 is 2.44 bits per heavy atom. The molecular weight excluding hydrogens is 541 g/mol. The first kappa shape index (κ1) is 26.3. The molecule has 0 spiro atoms. The Kier molecular flexibility index (Phi) is 7.28. The van der Waals surface area contributed by atoms with E-state index in [2.05, 4.69) is 21.9 Å². The molecule has 39 heavy (non-hydrogen) atoms. The number of fused-ring (bicyclic) bond motifs is 3. The van der Waals surface area contributed by atoms with Crippen LogP contribution in [0.3, 0.4) is 0 Å². The predicted molar refractivity (Wildman–Crippen MR) is 152 cm³/mol. The van der Waals surface area contributed by atoms with E-state index in [0.717, 1.165) is 5.56 Å². The first-order chi connectivity index (χ1) is 18.9. The zero-order valence-electron chi connectivity index (χ0n) is 21.3. The molecule has 5 aromatic rings. The fourth-order valence-corrected chi connectivity index (χ4v) is 4.99. The number of halogens is 2. The summed E-state index contributed by atoms with van der Waals surface area (Å²) in [6.07, 6.45) is 6.58.